The van der Waals surface area contributed by atoms with Crippen LogP contribution in [0.1, 0.15) is 11.4 Å². The van der Waals surface area contributed by atoms with Crippen molar-refractivity contribution in [2.45, 2.75) is 25.3 Å². The van der Waals surface area contributed by atoms with Gasteiger partial charge in [-0.05, 0) is 44.2 Å². The second kappa shape index (κ2) is 8.97. The molecule has 168 valence electrons. The number of sulfonamides is 1. The highest BCUT2D eigenvalue weighted by molar-refractivity contribution is 7.92. The Kier molecular flexibility index (Phi) is 6.34. The fourth-order valence-corrected chi connectivity index (χ4v) is 3.70. The van der Waals surface area contributed by atoms with Gasteiger partial charge in [0.25, 0.3) is 10.0 Å². The number of anilines is 2. The summed E-state index contributed by atoms with van der Waals surface area (Å²) in [5.74, 6) is -0.774. The topological polar surface area (TPSA) is 171 Å². The Morgan fingerprint density at radius 3 is 2.34 bits per heavy atom. The maximum absolute atomic E-state index is 12.6. The van der Waals surface area contributed by atoms with Crippen molar-refractivity contribution in [2.75, 3.05) is 17.1 Å². The van der Waals surface area contributed by atoms with Crippen molar-refractivity contribution in [3.63, 3.8) is 0 Å². The van der Waals surface area contributed by atoms with Gasteiger partial charge >= 0.3 is 11.6 Å². The van der Waals surface area contributed by atoms with E-state index in [9.17, 15) is 23.3 Å². The summed E-state index contributed by atoms with van der Waals surface area (Å²) < 4.78 is 33.3. The zero-order valence-corrected chi connectivity index (χ0v) is 18.1. The summed E-state index contributed by atoms with van der Waals surface area (Å²) >= 11 is 0. The van der Waals surface area contributed by atoms with Crippen molar-refractivity contribution >= 4 is 33.3 Å². The first kappa shape index (κ1) is 22.6. The molecule has 3 aromatic rings. The minimum absolute atomic E-state index is 0.0383. The Labute approximate surface area is 182 Å². The van der Waals surface area contributed by atoms with Crippen LogP contribution in [0.15, 0.2) is 41.4 Å². The van der Waals surface area contributed by atoms with Crippen LogP contribution in [-0.4, -0.2) is 46.1 Å². The van der Waals surface area contributed by atoms with E-state index in [1.807, 2.05) is 0 Å². The molecule has 0 aliphatic heterocycles. The molecular weight excluding hydrogens is 442 g/mol. The summed E-state index contributed by atoms with van der Waals surface area (Å²) in [7, 11) is -2.70. The average molecular weight is 461 g/mol. The van der Waals surface area contributed by atoms with Crippen LogP contribution in [0.3, 0.4) is 0 Å². The molecule has 0 aliphatic rings. The zero-order chi connectivity index (χ0) is 23.5. The third-order valence-corrected chi connectivity index (χ3v) is 5.41. The summed E-state index contributed by atoms with van der Waals surface area (Å²) in [6.45, 7) is 3.14. The number of amides is 1. The van der Waals surface area contributed by atoms with Crippen molar-refractivity contribution in [2.24, 2.45) is 0 Å². The molecule has 0 bridgehead atoms. The van der Waals surface area contributed by atoms with E-state index in [-0.39, 0.29) is 29.0 Å². The molecule has 0 saturated heterocycles. The predicted octanol–water partition coefficient (Wildman–Crippen LogP) is 1.65. The predicted molar refractivity (Wildman–Crippen MR) is 113 cm³/mol. The molecule has 0 unspecified atom stereocenters. The summed E-state index contributed by atoms with van der Waals surface area (Å²) in [5, 5.41) is 17.3. The fourth-order valence-electron chi connectivity index (χ4n) is 2.76. The normalized spacial score (nSPS) is 11.1. The van der Waals surface area contributed by atoms with E-state index in [0.29, 0.717) is 17.1 Å². The van der Waals surface area contributed by atoms with E-state index < -0.39 is 20.9 Å². The number of nitrogens with one attached hydrogen (secondary N) is 2. The number of nitrogens with zero attached hydrogens (tertiary/aromatic N) is 5. The van der Waals surface area contributed by atoms with Crippen LogP contribution in [0.2, 0.25) is 0 Å². The Morgan fingerprint density at radius 2 is 1.81 bits per heavy atom. The Morgan fingerprint density at radius 1 is 1.19 bits per heavy atom. The Hall–Kier alpha value is -4.07. The smallest absolute Gasteiger partial charge is 0.350 e. The third kappa shape index (κ3) is 5.34. The number of hydrogen-bond acceptors (Lipinski definition) is 9. The molecule has 13 nitrogen and oxygen atoms in total. The minimum atomic E-state index is -3.93. The quantitative estimate of drug-likeness (QED) is 0.374. The second-order valence-corrected chi connectivity index (χ2v) is 8.31. The molecule has 0 spiro atoms. The minimum Gasteiger partial charge on any atom is -0.475 e. The van der Waals surface area contributed by atoms with Crippen molar-refractivity contribution < 1.29 is 22.9 Å². The molecule has 1 aromatic carbocycles. The number of methoxy groups -OCH3 is 1. The Bertz CT molecular complexity index is 1250. The molecule has 0 saturated carbocycles. The molecule has 32 heavy (non-hydrogen) atoms. The van der Waals surface area contributed by atoms with Gasteiger partial charge in [-0.25, -0.2) is 23.1 Å². The molecule has 1 amide bonds. The molecule has 0 fully saturated rings. The van der Waals surface area contributed by atoms with Crippen LogP contribution < -0.4 is 14.8 Å². The monoisotopic (exact) mass is 461 g/mol. The number of aryl methyl sites for hydroxylation is 2. The molecule has 0 atom stereocenters. The van der Waals surface area contributed by atoms with Crippen molar-refractivity contribution in [1.29, 1.82) is 0 Å². The SMILES string of the molecule is COc1nn(CC(=O)Nc2ccc(S(=O)(=O)Nc3nc(C)cc(C)n3)cc2)cc1[N+](=O)[O-]. The third-order valence-electron chi connectivity index (χ3n) is 4.06. The van der Waals surface area contributed by atoms with Crippen molar-refractivity contribution in [1.82, 2.24) is 19.7 Å². The lowest BCUT2D eigenvalue weighted by atomic mass is 10.3. The van der Waals surface area contributed by atoms with E-state index in [2.05, 4.69) is 25.1 Å². The van der Waals surface area contributed by atoms with Gasteiger partial charge in [-0.2, -0.15) is 0 Å². The standard InChI is InChI=1S/C18H19N7O6S/c1-11-8-12(2)20-18(19-11)23-32(29,30)14-6-4-13(5-7-14)21-16(26)10-24-9-15(25(27)28)17(22-24)31-3/h4-9H,10H2,1-3H3,(H,21,26)(H,19,20,23). The van der Waals surface area contributed by atoms with E-state index in [0.717, 1.165) is 10.9 Å². The molecule has 3 rings (SSSR count). The van der Waals surface area contributed by atoms with Crippen LogP contribution in [0.5, 0.6) is 5.88 Å². The van der Waals surface area contributed by atoms with Gasteiger partial charge in [0.05, 0.1) is 16.9 Å². The highest BCUT2D eigenvalue weighted by atomic mass is 32.2. The molecular formula is C18H19N7O6S. The number of carbonyl (C=O) groups is 1. The van der Waals surface area contributed by atoms with E-state index in [4.69, 9.17) is 4.74 Å². The Balaban J connectivity index is 1.67. The molecule has 14 heteroatoms. The number of benzene rings is 1. The summed E-state index contributed by atoms with van der Waals surface area (Å²) in [6, 6.07) is 7.14. The molecule has 0 aliphatic carbocycles. The van der Waals surface area contributed by atoms with Crippen LogP contribution in [-0.2, 0) is 21.4 Å². The van der Waals surface area contributed by atoms with Gasteiger partial charge in [0.15, 0.2) is 0 Å². The van der Waals surface area contributed by atoms with Gasteiger partial charge < -0.3 is 10.1 Å². The van der Waals surface area contributed by atoms with Crippen molar-refractivity contribution in [3.05, 3.63) is 58.0 Å². The number of rotatable bonds is 8. The van der Waals surface area contributed by atoms with Gasteiger partial charge in [0.1, 0.15) is 12.7 Å². The van der Waals surface area contributed by atoms with Gasteiger partial charge in [0, 0.05) is 17.1 Å². The van der Waals surface area contributed by atoms with Crippen LogP contribution in [0.25, 0.3) is 0 Å². The van der Waals surface area contributed by atoms with Gasteiger partial charge in [-0.3, -0.25) is 19.6 Å². The number of hydrogen-bond donors (Lipinski definition) is 2. The highest BCUT2D eigenvalue weighted by Crippen LogP contribution is 2.24. The molecule has 2 heterocycles. The maximum atomic E-state index is 12.6. The first-order valence-corrected chi connectivity index (χ1v) is 10.6. The summed E-state index contributed by atoms with van der Waals surface area (Å²) in [6.07, 6.45) is 1.08. The van der Waals surface area contributed by atoms with Gasteiger partial charge in [-0.1, -0.05) is 0 Å². The van der Waals surface area contributed by atoms with Crippen LogP contribution >= 0.6 is 0 Å². The lowest BCUT2D eigenvalue weighted by molar-refractivity contribution is -0.385. The number of carbonyl (C=O) groups excluding carboxylic acids is 1. The lowest BCUT2D eigenvalue weighted by Gasteiger charge is -2.09. The lowest BCUT2D eigenvalue weighted by Crippen LogP contribution is -2.19. The number of ether oxygens (including phenoxy) is 1. The van der Waals surface area contributed by atoms with Crippen LogP contribution in [0, 0.1) is 24.0 Å². The van der Waals surface area contributed by atoms with E-state index in [1.54, 1.807) is 19.9 Å². The van der Waals surface area contributed by atoms with Crippen molar-refractivity contribution in [3.8, 4) is 5.88 Å². The molecule has 0 radical (unpaired) electrons. The molecule has 2 N–H and O–H groups in total. The second-order valence-electron chi connectivity index (χ2n) is 6.63. The van der Waals surface area contributed by atoms with Gasteiger partial charge in [0.2, 0.25) is 11.9 Å². The first-order valence-electron chi connectivity index (χ1n) is 9.08. The maximum Gasteiger partial charge on any atom is 0.350 e. The van der Waals surface area contributed by atoms with E-state index >= 15 is 0 Å². The van der Waals surface area contributed by atoms with Gasteiger partial charge in [-0.15, -0.1) is 5.10 Å². The molecule has 2 aromatic heterocycles. The summed E-state index contributed by atoms with van der Waals surface area (Å²) in [4.78, 5) is 30.5. The van der Waals surface area contributed by atoms with Crippen LogP contribution in [0.4, 0.5) is 17.3 Å². The largest absolute Gasteiger partial charge is 0.475 e. The first-order chi connectivity index (χ1) is 15.1. The number of aromatic nitrogens is 4. The fraction of sp³-hybridized carbons (Fsp3) is 0.222. The number of nitro groups is 1. The summed E-state index contributed by atoms with van der Waals surface area (Å²) in [5.41, 5.74) is 1.20. The zero-order valence-electron chi connectivity index (χ0n) is 17.3. The van der Waals surface area contributed by atoms with E-state index in [1.165, 1.54) is 31.4 Å². The highest BCUT2D eigenvalue weighted by Gasteiger charge is 2.21. The average Bonchev–Trinajstić information content (AvgIpc) is 3.10.